The number of benzene rings is 2. The predicted molar refractivity (Wildman–Crippen MR) is 135 cm³/mol. The fourth-order valence-electron chi connectivity index (χ4n) is 4.25. The zero-order valence-corrected chi connectivity index (χ0v) is 21.0. The standard InChI is InChI=1S/C27H31N3O3S/c1-27(2,3)33-26(32)29-16-15-21-22(18-29)28-25(34-4)30(24(21)31)23(20-13-9-6-10-14-20)17-19-11-7-5-8-12-19/h5-14,23H,15-18H2,1-4H3. The SMILES string of the molecule is CSc1nc2c(c(=O)n1C(Cc1ccccc1)c1ccccc1)CCN(C(=O)OC(C)(C)C)C2. The largest absolute Gasteiger partial charge is 0.444 e. The highest BCUT2D eigenvalue weighted by atomic mass is 32.2. The summed E-state index contributed by atoms with van der Waals surface area (Å²) in [4.78, 5) is 33.0. The van der Waals surface area contributed by atoms with E-state index in [-0.39, 0.29) is 24.2 Å². The third-order valence-corrected chi connectivity index (χ3v) is 6.49. The Morgan fingerprint density at radius 3 is 2.35 bits per heavy atom. The Morgan fingerprint density at radius 2 is 1.74 bits per heavy atom. The molecule has 4 rings (SSSR count). The topological polar surface area (TPSA) is 64.4 Å². The summed E-state index contributed by atoms with van der Waals surface area (Å²) >= 11 is 1.45. The molecule has 0 radical (unpaired) electrons. The van der Waals surface area contributed by atoms with E-state index in [4.69, 9.17) is 9.72 Å². The van der Waals surface area contributed by atoms with Gasteiger partial charge in [0.2, 0.25) is 0 Å². The van der Waals surface area contributed by atoms with Gasteiger partial charge < -0.3 is 9.64 Å². The Morgan fingerprint density at radius 1 is 1.09 bits per heavy atom. The molecule has 34 heavy (non-hydrogen) atoms. The average Bonchev–Trinajstić information content (AvgIpc) is 2.82. The lowest BCUT2D eigenvalue weighted by atomic mass is 9.98. The second kappa shape index (κ2) is 10.1. The molecular formula is C27H31N3O3S. The van der Waals surface area contributed by atoms with Crippen molar-refractivity contribution >= 4 is 17.9 Å². The average molecular weight is 478 g/mol. The van der Waals surface area contributed by atoms with Crippen molar-refractivity contribution in [2.75, 3.05) is 12.8 Å². The molecular weight excluding hydrogens is 446 g/mol. The van der Waals surface area contributed by atoms with Crippen molar-refractivity contribution < 1.29 is 9.53 Å². The number of carbonyl (C=O) groups is 1. The smallest absolute Gasteiger partial charge is 0.410 e. The van der Waals surface area contributed by atoms with E-state index >= 15 is 0 Å². The summed E-state index contributed by atoms with van der Waals surface area (Å²) in [6.45, 7) is 6.26. The molecule has 1 amide bonds. The maximum Gasteiger partial charge on any atom is 0.410 e. The van der Waals surface area contributed by atoms with Gasteiger partial charge in [0.1, 0.15) is 5.60 Å². The Kier molecular flexibility index (Phi) is 7.12. The molecule has 2 aromatic carbocycles. The number of rotatable bonds is 5. The van der Waals surface area contributed by atoms with Crippen LogP contribution in [0.25, 0.3) is 0 Å². The highest BCUT2D eigenvalue weighted by Crippen LogP contribution is 2.28. The van der Waals surface area contributed by atoms with Crippen LogP contribution in [0, 0.1) is 0 Å². The van der Waals surface area contributed by atoms with Crippen LogP contribution in [-0.4, -0.2) is 38.9 Å². The van der Waals surface area contributed by atoms with E-state index in [0.717, 1.165) is 11.1 Å². The minimum absolute atomic E-state index is 0.0250. The van der Waals surface area contributed by atoms with E-state index in [1.165, 1.54) is 11.8 Å². The van der Waals surface area contributed by atoms with Gasteiger partial charge in [0.25, 0.3) is 5.56 Å². The number of hydrogen-bond donors (Lipinski definition) is 0. The summed E-state index contributed by atoms with van der Waals surface area (Å²) in [7, 11) is 0. The molecule has 0 aliphatic carbocycles. The van der Waals surface area contributed by atoms with Crippen LogP contribution in [0.1, 0.15) is 49.2 Å². The zero-order valence-electron chi connectivity index (χ0n) is 20.2. The molecule has 0 saturated carbocycles. The minimum atomic E-state index is -0.570. The summed E-state index contributed by atoms with van der Waals surface area (Å²) < 4.78 is 7.38. The number of aromatic nitrogens is 2. The summed E-state index contributed by atoms with van der Waals surface area (Å²) in [5.41, 5.74) is 2.98. The fourth-order valence-corrected chi connectivity index (χ4v) is 4.86. The van der Waals surface area contributed by atoms with E-state index in [0.29, 0.717) is 35.8 Å². The number of carbonyl (C=O) groups excluding carboxylic acids is 1. The number of nitrogens with zero attached hydrogens (tertiary/aromatic N) is 3. The first-order valence-corrected chi connectivity index (χ1v) is 12.7. The molecule has 2 heterocycles. The Bertz CT molecular complexity index is 1200. The molecule has 1 aromatic heterocycles. The second-order valence-electron chi connectivity index (χ2n) is 9.47. The van der Waals surface area contributed by atoms with Crippen molar-refractivity contribution in [3.8, 4) is 0 Å². The zero-order chi connectivity index (χ0) is 24.3. The van der Waals surface area contributed by atoms with Crippen LogP contribution in [0.5, 0.6) is 0 Å². The van der Waals surface area contributed by atoms with E-state index in [2.05, 4.69) is 24.3 Å². The molecule has 1 aliphatic heterocycles. The molecule has 3 aromatic rings. The van der Waals surface area contributed by atoms with E-state index in [1.54, 1.807) is 4.90 Å². The van der Waals surface area contributed by atoms with Gasteiger partial charge in [-0.15, -0.1) is 0 Å². The van der Waals surface area contributed by atoms with Crippen LogP contribution in [0.2, 0.25) is 0 Å². The first-order valence-electron chi connectivity index (χ1n) is 11.5. The van der Waals surface area contributed by atoms with Crippen LogP contribution in [0.4, 0.5) is 4.79 Å². The van der Waals surface area contributed by atoms with Crippen LogP contribution < -0.4 is 5.56 Å². The van der Waals surface area contributed by atoms with Gasteiger partial charge >= 0.3 is 6.09 Å². The number of hydrogen-bond acceptors (Lipinski definition) is 5. The minimum Gasteiger partial charge on any atom is -0.444 e. The number of fused-ring (bicyclic) bond motifs is 1. The van der Waals surface area contributed by atoms with E-state index in [1.807, 2.05) is 68.0 Å². The molecule has 0 N–H and O–H groups in total. The first kappa shape index (κ1) is 24.1. The van der Waals surface area contributed by atoms with Crippen molar-refractivity contribution in [2.45, 2.75) is 57.0 Å². The molecule has 1 unspecified atom stereocenters. The Balaban J connectivity index is 1.75. The van der Waals surface area contributed by atoms with Gasteiger partial charge in [0, 0.05) is 12.1 Å². The van der Waals surface area contributed by atoms with Gasteiger partial charge in [-0.3, -0.25) is 9.36 Å². The van der Waals surface area contributed by atoms with E-state index < -0.39 is 5.60 Å². The van der Waals surface area contributed by atoms with Crippen molar-refractivity contribution in [3.63, 3.8) is 0 Å². The summed E-state index contributed by atoms with van der Waals surface area (Å²) in [6.07, 6.45) is 2.70. The van der Waals surface area contributed by atoms with Crippen LogP contribution in [-0.2, 0) is 24.1 Å². The maximum atomic E-state index is 13.9. The van der Waals surface area contributed by atoms with Crippen LogP contribution in [0.3, 0.4) is 0 Å². The molecule has 0 spiro atoms. The highest BCUT2D eigenvalue weighted by Gasteiger charge is 2.30. The van der Waals surface area contributed by atoms with Gasteiger partial charge in [-0.2, -0.15) is 0 Å². The molecule has 1 atom stereocenters. The summed E-state index contributed by atoms with van der Waals surface area (Å²) in [5.74, 6) is 0. The third kappa shape index (κ3) is 5.36. The van der Waals surface area contributed by atoms with Crippen molar-refractivity contribution in [3.05, 3.63) is 93.4 Å². The van der Waals surface area contributed by atoms with Crippen LogP contribution >= 0.6 is 11.8 Å². The summed E-state index contributed by atoms with van der Waals surface area (Å²) in [6, 6.07) is 20.1. The predicted octanol–water partition coefficient (Wildman–Crippen LogP) is 5.09. The van der Waals surface area contributed by atoms with Crippen molar-refractivity contribution in [2.24, 2.45) is 0 Å². The van der Waals surface area contributed by atoms with Crippen molar-refractivity contribution in [1.82, 2.24) is 14.5 Å². The second-order valence-corrected chi connectivity index (χ2v) is 10.2. The van der Waals surface area contributed by atoms with Gasteiger partial charge in [-0.25, -0.2) is 9.78 Å². The van der Waals surface area contributed by atoms with Gasteiger partial charge in [-0.1, -0.05) is 72.4 Å². The normalized spacial score (nSPS) is 14.4. The molecule has 0 fully saturated rings. The lowest BCUT2D eigenvalue weighted by molar-refractivity contribution is 0.0219. The van der Waals surface area contributed by atoms with Gasteiger partial charge in [-0.05, 0) is 51.0 Å². The van der Waals surface area contributed by atoms with Crippen molar-refractivity contribution in [1.29, 1.82) is 0 Å². The first-order chi connectivity index (χ1) is 16.3. The highest BCUT2D eigenvalue weighted by molar-refractivity contribution is 7.98. The molecule has 7 heteroatoms. The molecule has 1 aliphatic rings. The number of thioether (sulfide) groups is 1. The van der Waals surface area contributed by atoms with Gasteiger partial charge in [0.15, 0.2) is 5.16 Å². The quantitative estimate of drug-likeness (QED) is 0.378. The number of amides is 1. The maximum absolute atomic E-state index is 13.9. The third-order valence-electron chi connectivity index (χ3n) is 5.84. The molecule has 0 saturated heterocycles. The lowest BCUT2D eigenvalue weighted by Crippen LogP contribution is -2.43. The van der Waals surface area contributed by atoms with E-state index in [9.17, 15) is 9.59 Å². The molecule has 0 bridgehead atoms. The summed E-state index contributed by atoms with van der Waals surface area (Å²) in [5, 5.41) is 0.652. The lowest BCUT2D eigenvalue weighted by Gasteiger charge is -2.32. The van der Waals surface area contributed by atoms with Gasteiger partial charge in [0.05, 0.1) is 18.3 Å². The Hall–Kier alpha value is -3.06. The Labute approximate surface area is 205 Å². The molecule has 178 valence electrons. The fraction of sp³-hybridized carbons (Fsp3) is 0.370. The van der Waals surface area contributed by atoms with Crippen LogP contribution in [0.15, 0.2) is 70.6 Å². The molecule has 6 nitrogen and oxygen atoms in total. The monoisotopic (exact) mass is 477 g/mol. The number of ether oxygens (including phenoxy) is 1.